The zero-order valence-corrected chi connectivity index (χ0v) is 22.8. The topological polar surface area (TPSA) is 114 Å². The molecule has 3 aromatic carbocycles. The quantitative estimate of drug-likeness (QED) is 0.271. The van der Waals surface area contributed by atoms with E-state index in [0.29, 0.717) is 6.42 Å². The molecule has 1 aliphatic carbocycles. The van der Waals surface area contributed by atoms with E-state index < -0.39 is 36.2 Å². The van der Waals surface area contributed by atoms with Gasteiger partial charge in [0.15, 0.2) is 6.04 Å². The van der Waals surface area contributed by atoms with Gasteiger partial charge in [-0.05, 0) is 41.2 Å². The van der Waals surface area contributed by atoms with Crippen molar-refractivity contribution in [2.45, 2.75) is 63.8 Å². The zero-order valence-electron chi connectivity index (χ0n) is 22.8. The summed E-state index contributed by atoms with van der Waals surface area (Å²) in [5, 5.41) is 15.1. The van der Waals surface area contributed by atoms with Crippen molar-refractivity contribution in [3.8, 4) is 11.1 Å². The van der Waals surface area contributed by atoms with E-state index in [1.54, 1.807) is 6.92 Å². The zero-order chi connectivity index (χ0) is 28.5. The van der Waals surface area contributed by atoms with Crippen LogP contribution in [0.15, 0.2) is 78.9 Å². The Morgan fingerprint density at radius 1 is 0.875 bits per heavy atom. The maximum absolute atomic E-state index is 12.8. The summed E-state index contributed by atoms with van der Waals surface area (Å²) in [4.78, 5) is 37.5. The Balaban J connectivity index is 1.31. The monoisotopic (exact) mass is 544 g/mol. The molecule has 0 spiro atoms. The summed E-state index contributed by atoms with van der Waals surface area (Å²) in [6.45, 7) is 3.95. The fourth-order valence-electron chi connectivity index (χ4n) is 5.11. The van der Waals surface area contributed by atoms with Gasteiger partial charge in [0.25, 0.3) is 0 Å². The van der Waals surface area contributed by atoms with Gasteiger partial charge in [0, 0.05) is 18.4 Å². The number of amides is 2. The molecular formula is C32H36N2O6. The van der Waals surface area contributed by atoms with Crippen LogP contribution >= 0.6 is 0 Å². The fourth-order valence-corrected chi connectivity index (χ4v) is 5.11. The number of carbonyl (C=O) groups excluding carboxylic acids is 2. The molecule has 0 bridgehead atoms. The molecule has 40 heavy (non-hydrogen) atoms. The largest absolute Gasteiger partial charge is 0.480 e. The number of rotatable bonds is 13. The molecule has 0 heterocycles. The van der Waals surface area contributed by atoms with E-state index in [2.05, 4.69) is 34.9 Å². The van der Waals surface area contributed by atoms with Gasteiger partial charge in [0.05, 0.1) is 12.7 Å². The van der Waals surface area contributed by atoms with Gasteiger partial charge in [-0.3, -0.25) is 4.79 Å². The number of hydrogen-bond donors (Lipinski definition) is 3. The second-order valence-corrected chi connectivity index (χ2v) is 10.0. The molecule has 0 saturated carbocycles. The van der Waals surface area contributed by atoms with Crippen LogP contribution in [0.25, 0.3) is 11.1 Å². The fraction of sp³-hybridized carbons (Fsp3) is 0.344. The minimum atomic E-state index is -1.23. The molecule has 0 aromatic heterocycles. The number of carbonyl (C=O) groups is 3. The second kappa shape index (κ2) is 13.8. The predicted octanol–water partition coefficient (Wildman–Crippen LogP) is 5.26. The number of carboxylic acid groups (broad SMARTS) is 1. The van der Waals surface area contributed by atoms with Gasteiger partial charge in [-0.15, -0.1) is 0 Å². The Bertz CT molecular complexity index is 1270. The molecule has 1 aliphatic rings. The van der Waals surface area contributed by atoms with Gasteiger partial charge in [-0.2, -0.15) is 0 Å². The van der Waals surface area contributed by atoms with Crippen LogP contribution in [0.1, 0.15) is 55.7 Å². The average molecular weight is 545 g/mol. The highest BCUT2D eigenvalue weighted by atomic mass is 16.5. The van der Waals surface area contributed by atoms with Crippen molar-refractivity contribution >= 4 is 18.0 Å². The lowest BCUT2D eigenvalue weighted by atomic mass is 9.98. The summed E-state index contributed by atoms with van der Waals surface area (Å²) in [7, 11) is 0. The minimum Gasteiger partial charge on any atom is -0.480 e. The molecule has 0 radical (unpaired) electrons. The van der Waals surface area contributed by atoms with Crippen molar-refractivity contribution in [1.82, 2.24) is 10.6 Å². The number of hydrogen-bond acceptors (Lipinski definition) is 5. The molecule has 4 rings (SSSR count). The van der Waals surface area contributed by atoms with Crippen molar-refractivity contribution in [2.24, 2.45) is 0 Å². The third kappa shape index (κ3) is 7.27. The Labute approximate surface area is 234 Å². The van der Waals surface area contributed by atoms with Crippen LogP contribution in [-0.4, -0.2) is 47.9 Å². The summed E-state index contributed by atoms with van der Waals surface area (Å²) in [6, 6.07) is 23.9. The van der Waals surface area contributed by atoms with Crippen LogP contribution in [-0.2, 0) is 25.7 Å². The van der Waals surface area contributed by atoms with Gasteiger partial charge < -0.3 is 25.2 Å². The minimum absolute atomic E-state index is 0.0697. The van der Waals surface area contributed by atoms with Crippen LogP contribution in [0.5, 0.6) is 0 Å². The predicted molar refractivity (Wildman–Crippen MR) is 152 cm³/mol. The van der Waals surface area contributed by atoms with E-state index >= 15 is 0 Å². The summed E-state index contributed by atoms with van der Waals surface area (Å²) in [5.74, 6) is -1.75. The van der Waals surface area contributed by atoms with Crippen molar-refractivity contribution in [3.63, 3.8) is 0 Å². The van der Waals surface area contributed by atoms with Crippen molar-refractivity contribution in [1.29, 1.82) is 0 Å². The number of benzene rings is 3. The summed E-state index contributed by atoms with van der Waals surface area (Å²) in [6.07, 6.45) is -0.188. The molecule has 8 heteroatoms. The summed E-state index contributed by atoms with van der Waals surface area (Å²) in [5.41, 5.74) is 5.42. The van der Waals surface area contributed by atoms with Gasteiger partial charge in [0.1, 0.15) is 6.61 Å². The van der Waals surface area contributed by atoms with Gasteiger partial charge in [-0.1, -0.05) is 92.2 Å². The summed E-state index contributed by atoms with van der Waals surface area (Å²) >= 11 is 0. The molecule has 3 atom stereocenters. The number of aliphatic carboxylic acids is 1. The molecule has 0 saturated heterocycles. The SMILES string of the molecule is CCCC(CC(=O)N[C@H](C(=O)O)[C@@H](C)OCc1ccccc1)NC(=O)OCC1c2ccccc2-c2ccccc21. The van der Waals surface area contributed by atoms with E-state index in [4.69, 9.17) is 9.47 Å². The number of carboxylic acids is 1. The van der Waals surface area contributed by atoms with E-state index in [-0.39, 0.29) is 25.6 Å². The third-order valence-corrected chi connectivity index (χ3v) is 7.14. The lowest BCUT2D eigenvalue weighted by Gasteiger charge is -2.24. The standard InChI is InChI=1S/C32H36N2O6/c1-3-11-23(18-29(35)34-30(31(36)37)21(2)39-19-22-12-5-4-6-13-22)33-32(38)40-20-28-26-16-9-7-14-24(26)25-15-8-10-17-27(25)28/h4-10,12-17,21,23,28,30H,3,11,18-20H2,1-2H3,(H,33,38)(H,34,35)(H,36,37)/t21-,23?,30+/m1/s1. The highest BCUT2D eigenvalue weighted by Gasteiger charge is 2.30. The van der Waals surface area contributed by atoms with Crippen molar-refractivity contribution < 1.29 is 29.0 Å². The smallest absolute Gasteiger partial charge is 0.407 e. The highest BCUT2D eigenvalue weighted by molar-refractivity contribution is 5.84. The van der Waals surface area contributed by atoms with E-state index in [1.807, 2.05) is 61.5 Å². The normalized spacial score (nSPS) is 14.3. The average Bonchev–Trinajstić information content (AvgIpc) is 3.27. The highest BCUT2D eigenvalue weighted by Crippen LogP contribution is 2.44. The lowest BCUT2D eigenvalue weighted by Crippen LogP contribution is -2.50. The molecule has 0 fully saturated rings. The Hall–Kier alpha value is -4.17. The second-order valence-electron chi connectivity index (χ2n) is 10.0. The van der Waals surface area contributed by atoms with Crippen LogP contribution in [0.2, 0.25) is 0 Å². The first-order chi connectivity index (χ1) is 19.4. The van der Waals surface area contributed by atoms with E-state index in [1.165, 1.54) is 0 Å². The van der Waals surface area contributed by atoms with E-state index in [0.717, 1.165) is 34.2 Å². The number of nitrogens with one attached hydrogen (secondary N) is 2. The third-order valence-electron chi connectivity index (χ3n) is 7.14. The van der Waals surface area contributed by atoms with Crippen LogP contribution in [0.3, 0.4) is 0 Å². The number of alkyl carbamates (subject to hydrolysis) is 1. The molecular weight excluding hydrogens is 508 g/mol. The van der Waals surface area contributed by atoms with Crippen LogP contribution in [0, 0.1) is 0 Å². The first kappa shape index (κ1) is 28.8. The number of ether oxygens (including phenoxy) is 2. The van der Waals surface area contributed by atoms with Gasteiger partial charge in [-0.25, -0.2) is 9.59 Å². The maximum atomic E-state index is 12.8. The molecule has 3 aromatic rings. The van der Waals surface area contributed by atoms with Crippen molar-refractivity contribution in [2.75, 3.05) is 6.61 Å². The van der Waals surface area contributed by atoms with Gasteiger partial charge in [0.2, 0.25) is 5.91 Å². The Kier molecular flexibility index (Phi) is 9.91. The summed E-state index contributed by atoms with van der Waals surface area (Å²) < 4.78 is 11.3. The molecule has 0 aliphatic heterocycles. The lowest BCUT2D eigenvalue weighted by molar-refractivity contribution is -0.146. The molecule has 3 N–H and O–H groups in total. The molecule has 2 amide bonds. The van der Waals surface area contributed by atoms with Crippen LogP contribution < -0.4 is 10.6 Å². The molecule has 8 nitrogen and oxygen atoms in total. The first-order valence-electron chi connectivity index (χ1n) is 13.7. The van der Waals surface area contributed by atoms with Gasteiger partial charge >= 0.3 is 12.1 Å². The number of fused-ring (bicyclic) bond motifs is 3. The maximum Gasteiger partial charge on any atom is 0.407 e. The Morgan fingerprint density at radius 2 is 1.48 bits per heavy atom. The first-order valence-corrected chi connectivity index (χ1v) is 13.7. The van der Waals surface area contributed by atoms with Crippen molar-refractivity contribution in [3.05, 3.63) is 95.6 Å². The molecule has 1 unspecified atom stereocenters. The Morgan fingerprint density at radius 3 is 2.08 bits per heavy atom. The molecule has 210 valence electrons. The van der Waals surface area contributed by atoms with E-state index in [9.17, 15) is 19.5 Å². The van der Waals surface area contributed by atoms with Crippen LogP contribution in [0.4, 0.5) is 4.79 Å².